The second-order valence-electron chi connectivity index (χ2n) is 3.62. The fourth-order valence-electron chi connectivity index (χ4n) is 1.56. The van der Waals surface area contributed by atoms with Crippen molar-refractivity contribution in [2.45, 2.75) is 13.8 Å². The molecule has 1 N–H and O–H groups in total. The van der Waals surface area contributed by atoms with Crippen LogP contribution in [0, 0.1) is 13.8 Å². The Balaban J connectivity index is 2.35. The van der Waals surface area contributed by atoms with Gasteiger partial charge >= 0.3 is 11.5 Å². The summed E-state index contributed by atoms with van der Waals surface area (Å²) in [5, 5.41) is 11.8. The molecule has 0 saturated carbocycles. The van der Waals surface area contributed by atoms with Gasteiger partial charge in [-0.25, -0.2) is 4.42 Å². The Kier molecular flexibility index (Phi) is 3.06. The number of thiophene rings is 1. The number of aliphatic hydroxyl groups excluding tert-OH is 1. The normalized spacial score (nSPS) is 11.8. The minimum Gasteiger partial charge on any atom is -0.506 e. The molecule has 3 heteroatoms. The van der Waals surface area contributed by atoms with E-state index in [1.54, 1.807) is 6.08 Å². The zero-order chi connectivity index (χ0) is 11.5. The summed E-state index contributed by atoms with van der Waals surface area (Å²) >= 11 is 1.52. The number of aliphatic hydroxyl groups is 1. The predicted octanol–water partition coefficient (Wildman–Crippen LogP) is 4.30. The van der Waals surface area contributed by atoms with Gasteiger partial charge in [-0.3, -0.25) is 0 Å². The maximum absolute atomic E-state index is 9.89. The van der Waals surface area contributed by atoms with E-state index in [1.165, 1.54) is 11.3 Å². The average molecular weight is 233 g/mol. The van der Waals surface area contributed by atoms with Crippen LogP contribution >= 0.6 is 11.3 Å². The van der Waals surface area contributed by atoms with Crippen molar-refractivity contribution >= 4 is 23.2 Å². The Morgan fingerprint density at radius 2 is 2.00 bits per heavy atom. The highest BCUT2D eigenvalue weighted by Gasteiger charge is 2.07. The van der Waals surface area contributed by atoms with Crippen molar-refractivity contribution in [3.63, 3.8) is 0 Å². The molecule has 0 aliphatic rings. The predicted molar refractivity (Wildman–Crippen MR) is 67.4 cm³/mol. The second kappa shape index (κ2) is 4.49. The van der Waals surface area contributed by atoms with Crippen LogP contribution in [0.15, 0.2) is 34.1 Å². The van der Waals surface area contributed by atoms with E-state index < -0.39 is 0 Å². The molecule has 0 aromatic carbocycles. The third-order valence-electron chi connectivity index (χ3n) is 2.14. The van der Waals surface area contributed by atoms with E-state index in [-0.39, 0.29) is 0 Å². The Morgan fingerprint density at radius 1 is 1.31 bits per heavy atom. The van der Waals surface area contributed by atoms with Gasteiger partial charge in [-0.05, 0) is 23.1 Å². The molecular formula is C13H13O2S+. The molecule has 0 saturated heterocycles. The van der Waals surface area contributed by atoms with E-state index in [4.69, 9.17) is 4.42 Å². The van der Waals surface area contributed by atoms with Gasteiger partial charge in [0.25, 0.3) is 0 Å². The smallest absolute Gasteiger partial charge is 0.327 e. The zero-order valence-corrected chi connectivity index (χ0v) is 10.0. The average Bonchev–Trinajstić information content (AvgIpc) is 2.68. The molecule has 0 spiro atoms. The summed E-state index contributed by atoms with van der Waals surface area (Å²) in [6.07, 6.45) is 1.75. The van der Waals surface area contributed by atoms with Crippen LogP contribution in [0.1, 0.15) is 22.0 Å². The highest BCUT2D eigenvalue weighted by atomic mass is 32.1. The molecule has 0 unspecified atom stereocenters. The first kappa shape index (κ1) is 10.9. The number of hydrogen-bond donors (Lipinski definition) is 1. The van der Waals surface area contributed by atoms with Gasteiger partial charge in [0.05, 0.1) is 18.7 Å². The first-order chi connectivity index (χ1) is 7.65. The molecule has 2 rings (SSSR count). The maximum atomic E-state index is 9.89. The molecule has 0 aliphatic heterocycles. The molecule has 0 bridgehead atoms. The summed E-state index contributed by atoms with van der Waals surface area (Å²) < 4.78 is 5.38. The largest absolute Gasteiger partial charge is 0.506 e. The van der Waals surface area contributed by atoms with E-state index in [0.717, 1.165) is 22.0 Å². The lowest BCUT2D eigenvalue weighted by Crippen LogP contribution is -1.82. The highest BCUT2D eigenvalue weighted by Crippen LogP contribution is 2.21. The zero-order valence-electron chi connectivity index (χ0n) is 9.23. The van der Waals surface area contributed by atoms with Crippen LogP contribution in [0.2, 0.25) is 0 Å². The van der Waals surface area contributed by atoms with Crippen LogP contribution < -0.4 is 0 Å². The minimum atomic E-state index is 0.292. The number of hydrogen-bond acceptors (Lipinski definition) is 2. The lowest BCUT2D eigenvalue weighted by atomic mass is 10.2. The summed E-state index contributed by atoms with van der Waals surface area (Å²) in [4.78, 5) is 0.871. The SMILES string of the molecule is Cc1cc(/C=C(\O)c2cccs2)cc(C)[o+]1. The van der Waals surface area contributed by atoms with Crippen LogP contribution in [-0.2, 0) is 0 Å². The number of aryl methyl sites for hydroxylation is 2. The van der Waals surface area contributed by atoms with Crippen LogP contribution in [0.25, 0.3) is 11.8 Å². The van der Waals surface area contributed by atoms with Crippen LogP contribution in [0.3, 0.4) is 0 Å². The van der Waals surface area contributed by atoms with Crippen molar-refractivity contribution in [3.05, 3.63) is 51.6 Å². The van der Waals surface area contributed by atoms with Crippen LogP contribution in [0.4, 0.5) is 0 Å². The summed E-state index contributed by atoms with van der Waals surface area (Å²) in [7, 11) is 0. The molecule has 82 valence electrons. The monoisotopic (exact) mass is 233 g/mol. The Hall–Kier alpha value is -1.61. The second-order valence-corrected chi connectivity index (χ2v) is 4.57. The van der Waals surface area contributed by atoms with E-state index in [0.29, 0.717) is 5.76 Å². The summed E-state index contributed by atoms with van der Waals surface area (Å²) in [5.41, 5.74) is 0.951. The van der Waals surface area contributed by atoms with Crippen LogP contribution in [-0.4, -0.2) is 5.11 Å². The molecule has 0 fully saturated rings. The molecule has 2 aromatic heterocycles. The van der Waals surface area contributed by atoms with Crippen molar-refractivity contribution in [1.29, 1.82) is 0 Å². The molecule has 0 amide bonds. The molecule has 2 heterocycles. The molecule has 0 atom stereocenters. The fraction of sp³-hybridized carbons (Fsp3) is 0.154. The van der Waals surface area contributed by atoms with Gasteiger partial charge in [0, 0.05) is 12.1 Å². The Morgan fingerprint density at radius 3 is 2.56 bits per heavy atom. The van der Waals surface area contributed by atoms with E-state index in [1.807, 2.05) is 43.5 Å². The van der Waals surface area contributed by atoms with Gasteiger partial charge in [0.15, 0.2) is 0 Å². The van der Waals surface area contributed by atoms with E-state index >= 15 is 0 Å². The fourth-order valence-corrected chi connectivity index (χ4v) is 2.20. The van der Waals surface area contributed by atoms with Crippen molar-refractivity contribution in [2.75, 3.05) is 0 Å². The van der Waals surface area contributed by atoms with E-state index in [9.17, 15) is 5.11 Å². The Labute approximate surface area is 98.5 Å². The summed E-state index contributed by atoms with van der Waals surface area (Å²) in [6, 6.07) is 7.61. The molecule has 2 nitrogen and oxygen atoms in total. The van der Waals surface area contributed by atoms with Crippen molar-refractivity contribution in [2.24, 2.45) is 0 Å². The first-order valence-electron chi connectivity index (χ1n) is 5.01. The maximum Gasteiger partial charge on any atom is 0.327 e. The standard InChI is InChI=1S/C13H12O2S/c1-9-6-11(7-10(2)15-9)8-12(14)13-4-3-5-16-13/h3-8H,1-2H3/p+1/b12-8-. The van der Waals surface area contributed by atoms with Gasteiger partial charge in [-0.1, -0.05) is 6.07 Å². The van der Waals surface area contributed by atoms with Gasteiger partial charge in [0.2, 0.25) is 0 Å². The number of rotatable bonds is 2. The highest BCUT2D eigenvalue weighted by molar-refractivity contribution is 7.11. The molecule has 2 aromatic rings. The lowest BCUT2D eigenvalue weighted by Gasteiger charge is -1.95. The van der Waals surface area contributed by atoms with Gasteiger partial charge in [0.1, 0.15) is 5.76 Å². The molecule has 0 aliphatic carbocycles. The van der Waals surface area contributed by atoms with Crippen molar-refractivity contribution < 1.29 is 9.52 Å². The molecular weight excluding hydrogens is 220 g/mol. The van der Waals surface area contributed by atoms with Gasteiger partial charge in [-0.2, -0.15) is 0 Å². The third-order valence-corrected chi connectivity index (χ3v) is 3.03. The summed E-state index contributed by atoms with van der Waals surface area (Å²) in [5.74, 6) is 1.97. The third kappa shape index (κ3) is 2.49. The quantitative estimate of drug-likeness (QED) is 0.619. The Bertz CT molecular complexity index is 492. The van der Waals surface area contributed by atoms with Crippen molar-refractivity contribution in [3.8, 4) is 0 Å². The van der Waals surface area contributed by atoms with Crippen molar-refractivity contribution in [1.82, 2.24) is 0 Å². The first-order valence-corrected chi connectivity index (χ1v) is 5.89. The minimum absolute atomic E-state index is 0.292. The topological polar surface area (TPSA) is 31.5 Å². The summed E-state index contributed by atoms with van der Waals surface area (Å²) in [6.45, 7) is 3.79. The van der Waals surface area contributed by atoms with Crippen LogP contribution in [0.5, 0.6) is 0 Å². The van der Waals surface area contributed by atoms with Gasteiger partial charge < -0.3 is 5.11 Å². The van der Waals surface area contributed by atoms with E-state index in [2.05, 4.69) is 0 Å². The lowest BCUT2D eigenvalue weighted by molar-refractivity contribution is 0.485. The van der Waals surface area contributed by atoms with Gasteiger partial charge in [-0.15, -0.1) is 11.3 Å². The molecule has 16 heavy (non-hydrogen) atoms. The molecule has 0 radical (unpaired) electrons.